The van der Waals surface area contributed by atoms with Gasteiger partial charge in [-0.15, -0.1) is 0 Å². The monoisotopic (exact) mass is 428 g/mol. The molecule has 1 fully saturated rings. The second-order valence-corrected chi connectivity index (χ2v) is 10.8. The SMILES string of the molecule is CCn1c2ccccc2c2cc(CN3CCC4(CC3)c3ccccc3C[S+]4[O-])ccc21. The second-order valence-electron chi connectivity index (χ2n) is 9.03. The van der Waals surface area contributed by atoms with Gasteiger partial charge >= 0.3 is 0 Å². The van der Waals surface area contributed by atoms with Gasteiger partial charge in [0, 0.05) is 72.0 Å². The van der Waals surface area contributed by atoms with Gasteiger partial charge in [-0.25, -0.2) is 0 Å². The molecule has 1 aromatic heterocycles. The Kier molecular flexibility index (Phi) is 4.64. The minimum Gasteiger partial charge on any atom is -0.615 e. The standard InChI is InChI=1S/C27H28N2OS/c1-2-29-25-10-6-4-8-22(25)23-17-20(11-12-26(23)29)18-28-15-13-27(14-16-28)24-9-5-3-7-21(24)19-31(27)30/h3-12,17H,2,13-16,18-19H2,1H3. The van der Waals surface area contributed by atoms with Crippen LogP contribution in [0.5, 0.6) is 0 Å². The third kappa shape index (κ3) is 2.96. The summed E-state index contributed by atoms with van der Waals surface area (Å²) in [7, 11) is 0. The molecular formula is C27H28N2OS. The van der Waals surface area contributed by atoms with Gasteiger partial charge in [-0.1, -0.05) is 48.5 Å². The summed E-state index contributed by atoms with van der Waals surface area (Å²) in [4.78, 5) is 2.55. The van der Waals surface area contributed by atoms with Crippen LogP contribution in [0, 0.1) is 0 Å². The number of nitrogens with zero attached hydrogens (tertiary/aromatic N) is 2. The third-order valence-electron chi connectivity index (χ3n) is 7.45. The van der Waals surface area contributed by atoms with Crippen LogP contribution in [0.15, 0.2) is 66.7 Å². The molecule has 31 heavy (non-hydrogen) atoms. The van der Waals surface area contributed by atoms with E-state index in [1.54, 1.807) is 0 Å². The Morgan fingerprint density at radius 1 is 0.903 bits per heavy atom. The van der Waals surface area contributed by atoms with Crippen molar-refractivity contribution in [1.82, 2.24) is 9.47 Å². The number of fused-ring (bicyclic) bond motifs is 5. The van der Waals surface area contributed by atoms with Gasteiger partial charge < -0.3 is 9.12 Å². The number of para-hydroxylation sites is 1. The number of hydrogen-bond acceptors (Lipinski definition) is 2. The third-order valence-corrected chi connectivity index (χ3v) is 9.53. The van der Waals surface area contributed by atoms with E-state index in [1.807, 2.05) is 0 Å². The maximum Gasteiger partial charge on any atom is 0.153 e. The van der Waals surface area contributed by atoms with Crippen LogP contribution in [-0.2, 0) is 34.8 Å². The van der Waals surface area contributed by atoms with Gasteiger partial charge in [-0.3, -0.25) is 4.90 Å². The van der Waals surface area contributed by atoms with Crippen LogP contribution in [0.2, 0.25) is 0 Å². The predicted molar refractivity (Wildman–Crippen MR) is 130 cm³/mol. The zero-order valence-electron chi connectivity index (χ0n) is 18.0. The second kappa shape index (κ2) is 7.40. The lowest BCUT2D eigenvalue weighted by Gasteiger charge is -2.39. The highest BCUT2D eigenvalue weighted by atomic mass is 32.2. The highest BCUT2D eigenvalue weighted by Crippen LogP contribution is 2.48. The van der Waals surface area contributed by atoms with Crippen molar-refractivity contribution in [3.8, 4) is 0 Å². The van der Waals surface area contributed by atoms with E-state index in [1.165, 1.54) is 38.5 Å². The lowest BCUT2D eigenvalue weighted by Crippen LogP contribution is -2.44. The van der Waals surface area contributed by atoms with Gasteiger partial charge in [0.05, 0.1) is 0 Å². The Labute approximate surface area is 186 Å². The fraction of sp³-hybridized carbons (Fsp3) is 0.333. The molecule has 3 heterocycles. The quantitative estimate of drug-likeness (QED) is 0.400. The lowest BCUT2D eigenvalue weighted by molar-refractivity contribution is 0.189. The summed E-state index contributed by atoms with van der Waals surface area (Å²) in [6.45, 7) is 6.18. The van der Waals surface area contributed by atoms with E-state index in [-0.39, 0.29) is 4.75 Å². The molecule has 1 saturated heterocycles. The summed E-state index contributed by atoms with van der Waals surface area (Å²) in [6, 6.07) is 24.3. The molecular weight excluding hydrogens is 400 g/mol. The van der Waals surface area contributed by atoms with Gasteiger partial charge in [-0.2, -0.15) is 0 Å². The van der Waals surface area contributed by atoms with Crippen molar-refractivity contribution < 1.29 is 4.55 Å². The maximum absolute atomic E-state index is 13.1. The van der Waals surface area contributed by atoms with Gasteiger partial charge in [0.25, 0.3) is 0 Å². The van der Waals surface area contributed by atoms with E-state index < -0.39 is 11.2 Å². The number of aromatic nitrogens is 1. The van der Waals surface area contributed by atoms with Gasteiger partial charge in [0.1, 0.15) is 5.75 Å². The average Bonchev–Trinajstić information content (AvgIpc) is 3.27. The zero-order chi connectivity index (χ0) is 21.0. The Hall–Kier alpha value is -2.27. The molecule has 6 rings (SSSR count). The Morgan fingerprint density at radius 3 is 2.48 bits per heavy atom. The molecule has 1 unspecified atom stereocenters. The number of hydrogen-bond donors (Lipinski definition) is 0. The lowest BCUT2D eigenvalue weighted by atomic mass is 9.86. The molecule has 0 aliphatic carbocycles. The van der Waals surface area contributed by atoms with Crippen molar-refractivity contribution in [2.45, 2.75) is 43.4 Å². The fourth-order valence-electron chi connectivity index (χ4n) is 5.86. The van der Waals surface area contributed by atoms with Crippen molar-refractivity contribution in [3.05, 3.63) is 83.4 Å². The minimum atomic E-state index is -0.788. The highest BCUT2D eigenvalue weighted by Gasteiger charge is 2.51. The van der Waals surface area contributed by atoms with Crippen LogP contribution in [0.4, 0.5) is 0 Å². The van der Waals surface area contributed by atoms with Crippen molar-refractivity contribution >= 4 is 33.0 Å². The summed E-state index contributed by atoms with van der Waals surface area (Å²) in [5.74, 6) is 0.730. The van der Waals surface area contributed by atoms with Crippen molar-refractivity contribution in [3.63, 3.8) is 0 Å². The summed E-state index contributed by atoms with van der Waals surface area (Å²) >= 11 is -0.788. The van der Waals surface area contributed by atoms with E-state index in [2.05, 4.69) is 83.1 Å². The molecule has 0 bridgehead atoms. The van der Waals surface area contributed by atoms with Crippen LogP contribution < -0.4 is 0 Å². The molecule has 0 saturated carbocycles. The van der Waals surface area contributed by atoms with Crippen molar-refractivity contribution in [1.29, 1.82) is 0 Å². The van der Waals surface area contributed by atoms with Crippen molar-refractivity contribution in [2.75, 3.05) is 13.1 Å². The molecule has 3 aromatic carbocycles. The van der Waals surface area contributed by atoms with Crippen LogP contribution >= 0.6 is 0 Å². The highest BCUT2D eigenvalue weighted by molar-refractivity contribution is 7.92. The molecule has 1 atom stereocenters. The number of aryl methyl sites for hydroxylation is 1. The predicted octanol–water partition coefficient (Wildman–Crippen LogP) is 5.57. The first-order valence-electron chi connectivity index (χ1n) is 11.4. The molecule has 0 N–H and O–H groups in total. The molecule has 0 amide bonds. The summed E-state index contributed by atoms with van der Waals surface area (Å²) in [5.41, 5.74) is 6.66. The Balaban J connectivity index is 1.25. The van der Waals surface area contributed by atoms with Gasteiger partial charge in [-0.05, 0) is 41.9 Å². The smallest absolute Gasteiger partial charge is 0.153 e. The first kappa shape index (κ1) is 19.4. The van der Waals surface area contributed by atoms with Crippen LogP contribution in [-0.4, -0.2) is 27.1 Å². The van der Waals surface area contributed by atoms with E-state index in [4.69, 9.17) is 0 Å². The van der Waals surface area contributed by atoms with Crippen molar-refractivity contribution in [2.24, 2.45) is 0 Å². The molecule has 2 aliphatic heterocycles. The van der Waals surface area contributed by atoms with Crippen LogP contribution in [0.1, 0.15) is 36.5 Å². The average molecular weight is 429 g/mol. The molecule has 4 aromatic rings. The largest absolute Gasteiger partial charge is 0.615 e. The summed E-state index contributed by atoms with van der Waals surface area (Å²) < 4.78 is 15.4. The van der Waals surface area contributed by atoms with Crippen LogP contribution in [0.25, 0.3) is 21.8 Å². The Morgan fingerprint density at radius 2 is 1.65 bits per heavy atom. The van der Waals surface area contributed by atoms with E-state index in [0.29, 0.717) is 0 Å². The van der Waals surface area contributed by atoms with Gasteiger partial charge in [0.15, 0.2) is 4.75 Å². The normalized spacial score (nSPS) is 20.6. The zero-order valence-corrected chi connectivity index (χ0v) is 18.8. The molecule has 2 aliphatic rings. The molecule has 158 valence electrons. The first-order chi connectivity index (χ1) is 15.2. The molecule has 4 heteroatoms. The number of benzene rings is 3. The maximum atomic E-state index is 13.1. The van der Waals surface area contributed by atoms with Gasteiger partial charge in [0.2, 0.25) is 0 Å². The van der Waals surface area contributed by atoms with E-state index >= 15 is 0 Å². The van der Waals surface area contributed by atoms with E-state index in [0.717, 1.165) is 44.8 Å². The number of rotatable bonds is 3. The topological polar surface area (TPSA) is 31.2 Å². The summed E-state index contributed by atoms with van der Waals surface area (Å²) in [6.07, 6.45) is 1.99. The van der Waals surface area contributed by atoms with Crippen LogP contribution in [0.3, 0.4) is 0 Å². The molecule has 1 spiro atoms. The molecule has 0 radical (unpaired) electrons. The first-order valence-corrected chi connectivity index (χ1v) is 12.7. The van der Waals surface area contributed by atoms with E-state index in [9.17, 15) is 4.55 Å². The fourth-order valence-corrected chi connectivity index (χ4v) is 7.75. The summed E-state index contributed by atoms with van der Waals surface area (Å²) in [5, 5.41) is 2.70. The molecule has 3 nitrogen and oxygen atoms in total. The number of piperidine rings is 1. The number of likely N-dealkylation sites (tertiary alicyclic amines) is 1. The Bertz CT molecular complexity index is 1270. The minimum absolute atomic E-state index is 0.119.